The molecule has 5 nitrogen and oxygen atoms in total. The Labute approximate surface area is 266 Å². The molecule has 6 heteroatoms. The number of fused-ring (bicyclic) bond motifs is 5. The van der Waals surface area contributed by atoms with Crippen LogP contribution in [-0.2, 0) is 16.6 Å². The molecule has 1 amide bonds. The number of unbranched alkanes of at least 4 members (excludes halogenated alkanes) is 2. The van der Waals surface area contributed by atoms with E-state index in [1.165, 1.54) is 12.0 Å². The van der Waals surface area contributed by atoms with E-state index in [1.807, 2.05) is 102 Å². The second kappa shape index (κ2) is 11.3. The van der Waals surface area contributed by atoms with Gasteiger partial charge >= 0.3 is 0 Å². The van der Waals surface area contributed by atoms with Gasteiger partial charge in [0.2, 0.25) is 5.91 Å². The average Bonchev–Trinajstić information content (AvgIpc) is 3.53. The number of amides is 1. The Morgan fingerprint density at radius 1 is 0.841 bits per heavy atom. The van der Waals surface area contributed by atoms with Crippen molar-refractivity contribution >= 4 is 50.9 Å². The Bertz CT molecular complexity index is 1800. The molecule has 220 valence electrons. The van der Waals surface area contributed by atoms with Crippen molar-refractivity contribution in [3.63, 3.8) is 0 Å². The van der Waals surface area contributed by atoms with Gasteiger partial charge in [-0.25, -0.2) is 0 Å². The van der Waals surface area contributed by atoms with Gasteiger partial charge in [-0.2, -0.15) is 0 Å². The lowest BCUT2D eigenvalue weighted by molar-refractivity contribution is -0.121. The molecule has 1 saturated heterocycles. The molecule has 3 aliphatic rings. The van der Waals surface area contributed by atoms with Gasteiger partial charge in [-0.05, 0) is 53.8 Å². The van der Waals surface area contributed by atoms with Crippen LogP contribution in [0.5, 0.6) is 0 Å². The number of hydrogen-bond acceptors (Lipinski definition) is 4. The summed E-state index contributed by atoms with van der Waals surface area (Å²) in [6.07, 6.45) is 8.41. The molecule has 3 aliphatic heterocycles. The number of nitrogens with zero attached hydrogens (tertiary/aromatic N) is 1. The molecule has 0 radical (unpaired) electrons. The number of para-hydroxylation sites is 2. The Morgan fingerprint density at radius 2 is 1.52 bits per heavy atom. The number of rotatable bonds is 8. The van der Waals surface area contributed by atoms with E-state index in [0.29, 0.717) is 22.4 Å². The van der Waals surface area contributed by atoms with Crippen LogP contribution in [0.1, 0.15) is 63.6 Å². The topological polar surface area (TPSA) is 66.5 Å². The Kier molecular flexibility index (Phi) is 7.33. The van der Waals surface area contributed by atoms with Crippen LogP contribution in [0.4, 0.5) is 11.4 Å². The minimum atomic E-state index is -1.45. The first-order chi connectivity index (χ1) is 21.4. The first kappa shape index (κ1) is 28.5. The van der Waals surface area contributed by atoms with E-state index in [9.17, 15) is 14.4 Å². The van der Waals surface area contributed by atoms with E-state index in [4.69, 9.17) is 0 Å². The fourth-order valence-corrected chi connectivity index (χ4v) is 7.77. The van der Waals surface area contributed by atoms with Crippen LogP contribution in [0.2, 0.25) is 0 Å². The molecule has 0 aliphatic carbocycles. The number of ketones is 2. The quantitative estimate of drug-likeness (QED) is 0.156. The highest BCUT2D eigenvalue weighted by atomic mass is 79.9. The number of hydrogen-bond donors (Lipinski definition) is 1. The summed E-state index contributed by atoms with van der Waals surface area (Å²) in [5.74, 6) is -1.49. The zero-order valence-electron chi connectivity index (χ0n) is 24.5. The Balaban J connectivity index is 1.44. The van der Waals surface area contributed by atoms with Gasteiger partial charge in [-0.1, -0.05) is 121 Å². The maximum atomic E-state index is 14.9. The van der Waals surface area contributed by atoms with E-state index in [0.717, 1.165) is 35.0 Å². The summed E-state index contributed by atoms with van der Waals surface area (Å²) < 4.78 is 0.856. The van der Waals surface area contributed by atoms with Gasteiger partial charge in [0.15, 0.2) is 11.6 Å². The van der Waals surface area contributed by atoms with Crippen molar-refractivity contribution in [1.82, 2.24) is 0 Å². The first-order valence-corrected chi connectivity index (χ1v) is 16.1. The van der Waals surface area contributed by atoms with Gasteiger partial charge in [0.05, 0.1) is 12.0 Å². The second-order valence-electron chi connectivity index (χ2n) is 12.0. The highest BCUT2D eigenvalue weighted by molar-refractivity contribution is 9.10. The third kappa shape index (κ3) is 4.38. The van der Waals surface area contributed by atoms with E-state index < -0.39 is 23.4 Å². The Hall–Kier alpha value is -4.29. The summed E-state index contributed by atoms with van der Waals surface area (Å²) in [7, 11) is 0. The van der Waals surface area contributed by atoms with Crippen LogP contribution in [-0.4, -0.2) is 29.6 Å². The molecular weight excluding hydrogens is 612 g/mol. The molecule has 1 spiro atoms. The molecule has 0 unspecified atom stereocenters. The lowest BCUT2D eigenvalue weighted by atomic mass is 9.63. The van der Waals surface area contributed by atoms with E-state index >= 15 is 0 Å². The molecule has 3 heterocycles. The zero-order chi connectivity index (χ0) is 30.4. The highest BCUT2D eigenvalue weighted by Gasteiger charge is 2.70. The van der Waals surface area contributed by atoms with Crippen molar-refractivity contribution in [2.45, 2.75) is 50.1 Å². The molecule has 1 fully saturated rings. The number of halogens is 1. The summed E-state index contributed by atoms with van der Waals surface area (Å²) in [5.41, 5.74) is 3.90. The van der Waals surface area contributed by atoms with Gasteiger partial charge < -0.3 is 10.2 Å². The van der Waals surface area contributed by atoms with E-state index in [-0.39, 0.29) is 17.5 Å². The largest absolute Gasteiger partial charge is 0.352 e. The third-order valence-electron chi connectivity index (χ3n) is 9.51. The van der Waals surface area contributed by atoms with Gasteiger partial charge in [0.1, 0.15) is 11.5 Å². The molecular formula is C38H33BrN2O3. The van der Waals surface area contributed by atoms with Crippen molar-refractivity contribution in [3.05, 3.63) is 135 Å². The molecule has 0 aromatic heterocycles. The lowest BCUT2D eigenvalue weighted by Crippen LogP contribution is -2.55. The highest BCUT2D eigenvalue weighted by Crippen LogP contribution is 2.58. The fourth-order valence-electron chi connectivity index (χ4n) is 7.50. The van der Waals surface area contributed by atoms with Crippen LogP contribution in [0.25, 0.3) is 6.08 Å². The molecule has 0 saturated carbocycles. The predicted molar refractivity (Wildman–Crippen MR) is 178 cm³/mol. The molecule has 44 heavy (non-hydrogen) atoms. The second-order valence-corrected chi connectivity index (χ2v) is 12.9. The summed E-state index contributed by atoms with van der Waals surface area (Å²) in [4.78, 5) is 46.4. The Morgan fingerprint density at radius 3 is 2.30 bits per heavy atom. The number of anilines is 2. The third-order valence-corrected chi connectivity index (χ3v) is 10.0. The fraction of sp³-hybridized carbons (Fsp3) is 0.237. The van der Waals surface area contributed by atoms with Crippen LogP contribution in [0.3, 0.4) is 0 Å². The molecule has 4 aromatic rings. The lowest BCUT2D eigenvalue weighted by Gasteiger charge is -2.37. The standard InChI is InChI=1S/C38H33BrN2O3/c1-2-3-4-9-24-14-16-26(17-15-24)34(42)33-32-23-20-25-10-5-8-13-31(25)41(32)36(35(43)27-18-21-28(39)22-19-27)38(33)29-11-6-7-12-30(29)40-37(38)44/h5-8,10-23,32-33,36H,2-4,9H2,1H3,(H,40,44)/t32-,33-,36+,38+/m1/s1. The minimum Gasteiger partial charge on any atom is -0.352 e. The number of carbonyl (C=O) groups excluding carboxylic acids is 3. The van der Waals surface area contributed by atoms with Crippen molar-refractivity contribution in [1.29, 1.82) is 0 Å². The number of Topliss-reactive ketones (excluding diaryl/α,β-unsaturated/α-hetero) is 2. The van der Waals surface area contributed by atoms with Crippen molar-refractivity contribution in [3.8, 4) is 0 Å². The SMILES string of the molecule is CCCCCc1ccc(C(=O)[C@H]2[C@H]3C=Cc4ccccc4N3[C@@H](C(=O)c3ccc(Br)cc3)[C@@]23C(=O)Nc2ccccc23)cc1. The monoisotopic (exact) mass is 644 g/mol. The number of aryl methyl sites for hydroxylation is 1. The van der Waals surface area contributed by atoms with Crippen LogP contribution >= 0.6 is 15.9 Å². The summed E-state index contributed by atoms with van der Waals surface area (Å²) in [6, 6.07) is 29.0. The van der Waals surface area contributed by atoms with E-state index in [1.54, 1.807) is 12.1 Å². The predicted octanol–water partition coefficient (Wildman–Crippen LogP) is 8.04. The van der Waals surface area contributed by atoms with Crippen LogP contribution in [0.15, 0.2) is 108 Å². The normalized spacial score (nSPS) is 22.8. The number of benzene rings is 4. The van der Waals surface area contributed by atoms with Crippen LogP contribution in [0, 0.1) is 5.92 Å². The summed E-state index contributed by atoms with van der Waals surface area (Å²) in [6.45, 7) is 2.19. The minimum absolute atomic E-state index is 0.137. The maximum Gasteiger partial charge on any atom is 0.238 e. The van der Waals surface area contributed by atoms with Crippen LogP contribution < -0.4 is 10.2 Å². The van der Waals surface area contributed by atoms with Crippen molar-refractivity contribution < 1.29 is 14.4 Å². The summed E-state index contributed by atoms with van der Waals surface area (Å²) >= 11 is 3.48. The maximum absolute atomic E-state index is 14.9. The van der Waals surface area contributed by atoms with Gasteiger partial charge in [-0.15, -0.1) is 0 Å². The molecule has 4 aromatic carbocycles. The van der Waals surface area contributed by atoms with Crippen molar-refractivity contribution in [2.75, 3.05) is 10.2 Å². The first-order valence-electron chi connectivity index (χ1n) is 15.3. The number of nitrogens with one attached hydrogen (secondary N) is 1. The van der Waals surface area contributed by atoms with Gasteiger partial charge in [0, 0.05) is 27.0 Å². The zero-order valence-corrected chi connectivity index (χ0v) is 26.1. The van der Waals surface area contributed by atoms with Gasteiger partial charge in [-0.3, -0.25) is 14.4 Å². The molecule has 0 bridgehead atoms. The number of carbonyl (C=O) groups is 3. The average molecular weight is 646 g/mol. The van der Waals surface area contributed by atoms with E-state index in [2.05, 4.69) is 28.2 Å². The van der Waals surface area contributed by atoms with Crippen molar-refractivity contribution in [2.24, 2.45) is 5.92 Å². The smallest absolute Gasteiger partial charge is 0.238 e. The van der Waals surface area contributed by atoms with Gasteiger partial charge in [0.25, 0.3) is 0 Å². The molecule has 7 rings (SSSR count). The summed E-state index contributed by atoms with van der Waals surface area (Å²) in [5, 5.41) is 3.08. The molecule has 1 N–H and O–H groups in total. The molecule has 4 atom stereocenters.